The standard InChI is InChI=1S/C14H14N2O3S/c17-13(9-6-8-2-4-11(9)18-8)15-7-1-3-10-12(5-7)19-14(20)16-10/h1,3,5,8-9,11H,2,4,6H2,(H,15,17)(H,16,20). The molecule has 0 saturated carbocycles. The Hall–Kier alpha value is -1.66. The van der Waals surface area contributed by atoms with Crippen LogP contribution in [0, 0.1) is 10.8 Å². The molecule has 1 amide bonds. The third-order valence-electron chi connectivity index (χ3n) is 4.13. The van der Waals surface area contributed by atoms with Gasteiger partial charge in [0.2, 0.25) is 5.91 Å². The van der Waals surface area contributed by atoms with Gasteiger partial charge in [0.15, 0.2) is 5.58 Å². The molecule has 2 aliphatic heterocycles. The predicted molar refractivity (Wildman–Crippen MR) is 76.0 cm³/mol. The van der Waals surface area contributed by atoms with Crippen molar-refractivity contribution in [1.82, 2.24) is 4.98 Å². The number of hydrogen-bond donors (Lipinski definition) is 2. The van der Waals surface area contributed by atoms with Crippen molar-refractivity contribution in [1.29, 1.82) is 0 Å². The second-order valence-corrected chi connectivity index (χ2v) is 5.80. The summed E-state index contributed by atoms with van der Waals surface area (Å²) >= 11 is 4.94. The van der Waals surface area contributed by atoms with Crippen molar-refractivity contribution in [2.45, 2.75) is 31.5 Å². The maximum atomic E-state index is 12.3. The minimum Gasteiger partial charge on any atom is -0.429 e. The summed E-state index contributed by atoms with van der Waals surface area (Å²) in [5.74, 6) is 0.00723. The average molecular weight is 290 g/mol. The lowest BCUT2D eigenvalue weighted by Gasteiger charge is -2.17. The molecule has 1 aromatic heterocycles. The summed E-state index contributed by atoms with van der Waals surface area (Å²) in [5.41, 5.74) is 2.20. The molecule has 6 heteroatoms. The van der Waals surface area contributed by atoms with Crippen molar-refractivity contribution in [2.75, 3.05) is 5.32 Å². The third-order valence-corrected chi connectivity index (χ3v) is 4.32. The number of hydrogen-bond acceptors (Lipinski definition) is 4. The van der Waals surface area contributed by atoms with Gasteiger partial charge in [-0.3, -0.25) is 4.79 Å². The van der Waals surface area contributed by atoms with Crippen LogP contribution >= 0.6 is 12.2 Å². The molecule has 2 N–H and O–H groups in total. The van der Waals surface area contributed by atoms with Gasteiger partial charge < -0.3 is 19.5 Å². The topological polar surface area (TPSA) is 67.3 Å². The van der Waals surface area contributed by atoms with Gasteiger partial charge in [0.25, 0.3) is 4.84 Å². The van der Waals surface area contributed by atoms with Crippen molar-refractivity contribution in [2.24, 2.45) is 5.92 Å². The first-order valence-corrected chi connectivity index (χ1v) is 7.19. The van der Waals surface area contributed by atoms with Gasteiger partial charge in [0, 0.05) is 11.8 Å². The molecule has 0 radical (unpaired) electrons. The van der Waals surface area contributed by atoms with E-state index in [1.54, 1.807) is 6.07 Å². The highest BCUT2D eigenvalue weighted by Crippen LogP contribution is 2.39. The molecule has 20 heavy (non-hydrogen) atoms. The lowest BCUT2D eigenvalue weighted by Crippen LogP contribution is -2.30. The van der Waals surface area contributed by atoms with E-state index in [1.807, 2.05) is 12.1 Å². The number of aromatic nitrogens is 1. The number of fused-ring (bicyclic) bond motifs is 3. The molecule has 2 fully saturated rings. The summed E-state index contributed by atoms with van der Waals surface area (Å²) in [5, 5.41) is 2.94. The van der Waals surface area contributed by atoms with Crippen LogP contribution in [0.4, 0.5) is 5.69 Å². The average Bonchev–Trinajstić information content (AvgIpc) is 3.11. The van der Waals surface area contributed by atoms with E-state index < -0.39 is 0 Å². The van der Waals surface area contributed by atoms with Gasteiger partial charge in [-0.2, -0.15) is 0 Å². The molecular formula is C14H14N2O3S. The van der Waals surface area contributed by atoms with Crippen LogP contribution in [0.3, 0.4) is 0 Å². The lowest BCUT2D eigenvalue weighted by molar-refractivity contribution is -0.121. The first-order valence-electron chi connectivity index (χ1n) is 6.78. The monoisotopic (exact) mass is 290 g/mol. The zero-order valence-electron chi connectivity index (χ0n) is 10.7. The van der Waals surface area contributed by atoms with Crippen molar-refractivity contribution in [3.05, 3.63) is 23.0 Å². The van der Waals surface area contributed by atoms with Crippen LogP contribution in [0.2, 0.25) is 0 Å². The quantitative estimate of drug-likeness (QED) is 0.834. The Balaban J connectivity index is 1.54. The van der Waals surface area contributed by atoms with Crippen LogP contribution in [-0.4, -0.2) is 23.1 Å². The number of H-pyrrole nitrogens is 1. The fourth-order valence-electron chi connectivity index (χ4n) is 3.17. The fourth-order valence-corrected chi connectivity index (χ4v) is 3.37. The van der Waals surface area contributed by atoms with Gasteiger partial charge in [0.05, 0.1) is 23.6 Å². The summed E-state index contributed by atoms with van der Waals surface area (Å²) in [4.78, 5) is 15.6. The number of benzene rings is 1. The molecule has 2 aliphatic rings. The number of carbonyl (C=O) groups is 1. The van der Waals surface area contributed by atoms with Crippen LogP contribution < -0.4 is 5.32 Å². The van der Waals surface area contributed by atoms with E-state index in [0.29, 0.717) is 10.4 Å². The Morgan fingerprint density at radius 2 is 2.30 bits per heavy atom. The number of anilines is 1. The molecule has 3 atom stereocenters. The second-order valence-electron chi connectivity index (χ2n) is 5.43. The Kier molecular flexibility index (Phi) is 2.68. The van der Waals surface area contributed by atoms with Crippen molar-refractivity contribution < 1.29 is 13.9 Å². The van der Waals surface area contributed by atoms with Gasteiger partial charge in [-0.15, -0.1) is 0 Å². The molecule has 1 aromatic carbocycles. The number of carbonyl (C=O) groups excluding carboxylic acids is 1. The van der Waals surface area contributed by atoms with E-state index in [9.17, 15) is 4.79 Å². The van der Waals surface area contributed by atoms with Gasteiger partial charge >= 0.3 is 0 Å². The molecule has 2 bridgehead atoms. The maximum Gasteiger partial charge on any atom is 0.266 e. The Morgan fingerprint density at radius 3 is 3.05 bits per heavy atom. The summed E-state index contributed by atoms with van der Waals surface area (Å²) in [6.45, 7) is 0. The summed E-state index contributed by atoms with van der Waals surface area (Å²) in [7, 11) is 0. The van der Waals surface area contributed by atoms with E-state index in [-0.39, 0.29) is 24.0 Å². The normalized spacial score (nSPS) is 28.1. The molecule has 2 saturated heterocycles. The van der Waals surface area contributed by atoms with E-state index in [1.165, 1.54) is 0 Å². The Bertz CT molecular complexity index is 735. The van der Waals surface area contributed by atoms with Crippen LogP contribution in [0.15, 0.2) is 22.6 Å². The minimum atomic E-state index is -0.0258. The maximum absolute atomic E-state index is 12.3. The summed E-state index contributed by atoms with van der Waals surface area (Å²) in [6.07, 6.45) is 3.29. The molecule has 0 spiro atoms. The van der Waals surface area contributed by atoms with Gasteiger partial charge in [-0.05, 0) is 43.6 Å². The van der Waals surface area contributed by atoms with Crippen molar-refractivity contribution >= 4 is 34.9 Å². The van der Waals surface area contributed by atoms with Crippen LogP contribution in [0.5, 0.6) is 0 Å². The van der Waals surface area contributed by atoms with Crippen LogP contribution in [0.1, 0.15) is 19.3 Å². The highest BCUT2D eigenvalue weighted by molar-refractivity contribution is 7.71. The fraction of sp³-hybridized carbons (Fsp3) is 0.429. The molecule has 3 heterocycles. The predicted octanol–water partition coefficient (Wildman–Crippen LogP) is 3.00. The van der Waals surface area contributed by atoms with Gasteiger partial charge in [0.1, 0.15) is 0 Å². The molecule has 3 unspecified atom stereocenters. The molecule has 104 valence electrons. The third kappa shape index (κ3) is 1.96. The number of rotatable bonds is 2. The summed E-state index contributed by atoms with van der Waals surface area (Å²) in [6, 6.07) is 5.48. The Morgan fingerprint density at radius 1 is 1.40 bits per heavy atom. The van der Waals surface area contributed by atoms with Crippen LogP contribution in [-0.2, 0) is 9.53 Å². The minimum absolute atomic E-state index is 0.0258. The zero-order valence-corrected chi connectivity index (χ0v) is 11.5. The first-order chi connectivity index (χ1) is 9.69. The van der Waals surface area contributed by atoms with Gasteiger partial charge in [-0.1, -0.05) is 0 Å². The van der Waals surface area contributed by atoms with E-state index in [4.69, 9.17) is 21.4 Å². The smallest absolute Gasteiger partial charge is 0.266 e. The lowest BCUT2D eigenvalue weighted by atomic mass is 9.88. The van der Waals surface area contributed by atoms with E-state index in [2.05, 4.69) is 10.3 Å². The Labute approximate surface area is 120 Å². The summed E-state index contributed by atoms with van der Waals surface area (Å²) < 4.78 is 11.1. The number of ether oxygens (including phenoxy) is 1. The van der Waals surface area contributed by atoms with Crippen LogP contribution in [0.25, 0.3) is 11.1 Å². The molecule has 4 rings (SSSR count). The molecule has 2 aromatic rings. The van der Waals surface area contributed by atoms with Crippen molar-refractivity contribution in [3.8, 4) is 0 Å². The molecule has 0 aliphatic carbocycles. The SMILES string of the molecule is O=C(Nc1ccc2[nH]c(=S)oc2c1)C1CC2CCC1O2. The number of aromatic amines is 1. The second kappa shape index (κ2) is 4.43. The zero-order chi connectivity index (χ0) is 13.7. The first kappa shape index (κ1) is 12.1. The number of nitrogens with one attached hydrogen (secondary N) is 2. The number of amides is 1. The molecule has 5 nitrogen and oxygen atoms in total. The van der Waals surface area contributed by atoms with Gasteiger partial charge in [-0.25, -0.2) is 0 Å². The largest absolute Gasteiger partial charge is 0.429 e. The van der Waals surface area contributed by atoms with E-state index >= 15 is 0 Å². The number of oxazole rings is 1. The van der Waals surface area contributed by atoms with E-state index in [0.717, 1.165) is 30.5 Å². The molecular weight excluding hydrogens is 276 g/mol. The highest BCUT2D eigenvalue weighted by Gasteiger charge is 2.44. The highest BCUT2D eigenvalue weighted by atomic mass is 32.1. The van der Waals surface area contributed by atoms with Crippen molar-refractivity contribution in [3.63, 3.8) is 0 Å².